The molecule has 3 N–H and O–H groups in total. The van der Waals surface area contributed by atoms with Crippen molar-refractivity contribution < 1.29 is 80.2 Å². The molecule has 0 spiro atoms. The third kappa shape index (κ3) is 76.4. The smallest absolute Gasteiger partial charge is 0.462 e. The minimum Gasteiger partial charge on any atom is -0.462 e. The number of aliphatic hydroxyl groups excluding tert-OH is 1. The Hall–Kier alpha value is -5.84. The molecule has 0 aromatic rings. The maximum atomic E-state index is 13.1. The van der Waals surface area contributed by atoms with Gasteiger partial charge in [-0.1, -0.05) is 313 Å². The van der Waals surface area contributed by atoms with E-state index in [9.17, 15) is 43.2 Å². The summed E-state index contributed by atoms with van der Waals surface area (Å²) >= 11 is 0. The molecule has 106 heavy (non-hydrogen) atoms. The summed E-state index contributed by atoms with van der Waals surface area (Å²) in [5, 5.41) is 10.6. The summed E-state index contributed by atoms with van der Waals surface area (Å²) in [5.74, 6) is -2.46. The van der Waals surface area contributed by atoms with E-state index in [1.807, 2.05) is 36.5 Å². The zero-order valence-electron chi connectivity index (χ0n) is 65.5. The Morgan fingerprint density at radius 1 is 0.283 bits per heavy atom. The molecule has 0 aromatic carbocycles. The fraction of sp³-hybridized carbons (Fsp3) is 0.609. The average molecular weight is 1520 g/mol. The number of unbranched alkanes of at least 4 members (excludes halogenated alkanes) is 18. The van der Waals surface area contributed by atoms with E-state index in [4.69, 9.17) is 37.0 Å². The molecule has 5 atom stereocenters. The van der Waals surface area contributed by atoms with Crippen LogP contribution in [0.3, 0.4) is 0 Å². The number of esters is 4. The highest BCUT2D eigenvalue weighted by Gasteiger charge is 2.30. The predicted molar refractivity (Wildman–Crippen MR) is 436 cm³/mol. The third-order valence-corrected chi connectivity index (χ3v) is 17.8. The van der Waals surface area contributed by atoms with Crippen LogP contribution in [0.4, 0.5) is 0 Å². The molecule has 0 radical (unpaired) electrons. The van der Waals surface area contributed by atoms with Gasteiger partial charge >= 0.3 is 39.5 Å². The van der Waals surface area contributed by atoms with Crippen LogP contribution in [-0.4, -0.2) is 96.7 Å². The van der Waals surface area contributed by atoms with Crippen molar-refractivity contribution in [3.63, 3.8) is 0 Å². The molecule has 0 heterocycles. The first-order valence-corrected chi connectivity index (χ1v) is 43.0. The number of aliphatic hydroxyl groups is 1. The molecule has 19 heteroatoms. The number of ether oxygens (including phenoxy) is 4. The highest BCUT2D eigenvalue weighted by atomic mass is 31.2. The topological polar surface area (TPSA) is 237 Å². The van der Waals surface area contributed by atoms with Crippen molar-refractivity contribution in [1.82, 2.24) is 0 Å². The Morgan fingerprint density at radius 3 is 0.877 bits per heavy atom. The maximum absolute atomic E-state index is 13.1. The van der Waals surface area contributed by atoms with Crippen LogP contribution in [0, 0.1) is 0 Å². The molecule has 0 aliphatic carbocycles. The lowest BCUT2D eigenvalue weighted by Crippen LogP contribution is -2.30. The average Bonchev–Trinajstić information content (AvgIpc) is 0.902. The van der Waals surface area contributed by atoms with Crippen molar-refractivity contribution in [2.24, 2.45) is 0 Å². The Kier molecular flexibility index (Phi) is 73.1. The monoisotopic (exact) mass is 1520 g/mol. The molecular weight excluding hydrogens is 1380 g/mol. The third-order valence-electron chi connectivity index (χ3n) is 15.9. The second-order valence-corrected chi connectivity index (χ2v) is 28.8. The van der Waals surface area contributed by atoms with E-state index in [0.717, 1.165) is 135 Å². The Balaban J connectivity index is 5.53. The fourth-order valence-electron chi connectivity index (χ4n) is 9.96. The molecule has 600 valence electrons. The first kappa shape index (κ1) is 100. The summed E-state index contributed by atoms with van der Waals surface area (Å²) in [4.78, 5) is 73.0. The van der Waals surface area contributed by atoms with Crippen molar-refractivity contribution in [3.8, 4) is 0 Å². The molecule has 5 unspecified atom stereocenters. The lowest BCUT2D eigenvalue weighted by molar-refractivity contribution is -0.161. The lowest BCUT2D eigenvalue weighted by atomic mass is 10.0. The zero-order valence-corrected chi connectivity index (χ0v) is 67.3. The summed E-state index contributed by atoms with van der Waals surface area (Å²) in [5.41, 5.74) is 0. The van der Waals surface area contributed by atoms with Gasteiger partial charge in [0.05, 0.1) is 32.8 Å². The number of hydrogen-bond donors (Lipinski definition) is 3. The van der Waals surface area contributed by atoms with Crippen LogP contribution in [0.5, 0.6) is 0 Å². The standard InChI is InChI=1S/C87H140O17P2/c1-5-9-13-17-21-25-29-33-37-39-40-42-45-48-52-56-60-64-68-72-85(90)98-78-83(104-87(92)74-70-66-62-58-54-50-46-41-38-34-30-26-22-18-14-10-6-2)80-102-106(95,96)100-76-81(88)75-99-105(93,94)101-79-82(103-86(91)73-69-65-61-57-53-49-44-36-32-28-24-20-16-12-8-4)77-97-84(89)71-67-63-59-55-51-47-43-35-31-27-23-19-15-11-7-3/h9-11,13-15,21-23,25-27,33-35,37-38,40,42-43,46,48,50-52,55,60,63-64,67,81-83,88H,5-8,12,16-20,24,28-32,36,39,41,44-45,47,49,53-54,56-59,61-62,65-66,68-80H2,1-4H3,(H,93,94)(H,95,96)/b13-9-,14-10-,15-11-,25-21-,26-22-,27-23-,37-33-,38-34-,42-40-,43-35-,50-46-,52-48-,55-51-,64-60-,67-63-. The number of phosphoric ester groups is 2. The Labute approximate surface area is 641 Å². The molecule has 0 saturated carbocycles. The summed E-state index contributed by atoms with van der Waals surface area (Å²) in [6.45, 7) is 4.30. The molecule has 17 nitrogen and oxygen atoms in total. The number of carbonyl (C=O) groups excluding carboxylic acids is 4. The van der Waals surface area contributed by atoms with Gasteiger partial charge in [0.15, 0.2) is 12.2 Å². The summed E-state index contributed by atoms with van der Waals surface area (Å²) in [7, 11) is -10.0. The van der Waals surface area contributed by atoms with Gasteiger partial charge in [-0.25, -0.2) is 9.13 Å². The van der Waals surface area contributed by atoms with Gasteiger partial charge in [0, 0.05) is 19.3 Å². The van der Waals surface area contributed by atoms with Gasteiger partial charge in [0.25, 0.3) is 0 Å². The molecule has 0 fully saturated rings. The number of rotatable bonds is 73. The summed E-state index contributed by atoms with van der Waals surface area (Å²) in [6.07, 6.45) is 93.5. The van der Waals surface area contributed by atoms with Crippen LogP contribution in [0.15, 0.2) is 182 Å². The van der Waals surface area contributed by atoms with E-state index in [1.54, 1.807) is 6.08 Å². The van der Waals surface area contributed by atoms with Crippen LogP contribution < -0.4 is 0 Å². The molecule has 0 saturated heterocycles. The van der Waals surface area contributed by atoms with Crippen LogP contribution >= 0.6 is 15.6 Å². The van der Waals surface area contributed by atoms with E-state index in [0.29, 0.717) is 32.1 Å². The minimum atomic E-state index is -5.02. The van der Waals surface area contributed by atoms with Crippen LogP contribution in [0.1, 0.15) is 285 Å². The minimum absolute atomic E-state index is 0.0219. The maximum Gasteiger partial charge on any atom is 0.472 e. The zero-order chi connectivity index (χ0) is 77.4. The van der Waals surface area contributed by atoms with Gasteiger partial charge in [-0.3, -0.25) is 37.3 Å². The van der Waals surface area contributed by atoms with Crippen LogP contribution in [0.25, 0.3) is 0 Å². The molecule has 0 aromatic heterocycles. The van der Waals surface area contributed by atoms with E-state index in [-0.39, 0.29) is 25.7 Å². The Bertz CT molecular complexity index is 2730. The van der Waals surface area contributed by atoms with E-state index in [2.05, 4.69) is 167 Å². The number of hydrogen-bond acceptors (Lipinski definition) is 15. The first-order valence-electron chi connectivity index (χ1n) is 40.0. The van der Waals surface area contributed by atoms with Crippen molar-refractivity contribution in [1.29, 1.82) is 0 Å². The van der Waals surface area contributed by atoms with Gasteiger partial charge in [0.1, 0.15) is 19.3 Å². The number of carbonyl (C=O) groups is 4. The highest BCUT2D eigenvalue weighted by molar-refractivity contribution is 7.47. The highest BCUT2D eigenvalue weighted by Crippen LogP contribution is 2.45. The number of phosphoric acid groups is 2. The summed E-state index contributed by atoms with van der Waals surface area (Å²) in [6, 6.07) is 0. The quantitative estimate of drug-likeness (QED) is 0.0169. The molecule has 0 aliphatic heterocycles. The van der Waals surface area contributed by atoms with E-state index < -0.39 is 97.5 Å². The van der Waals surface area contributed by atoms with Crippen molar-refractivity contribution in [2.45, 2.75) is 303 Å². The van der Waals surface area contributed by atoms with Crippen LogP contribution in [-0.2, 0) is 65.4 Å². The summed E-state index contributed by atoms with van der Waals surface area (Å²) < 4.78 is 68.4. The van der Waals surface area contributed by atoms with Gasteiger partial charge in [0.2, 0.25) is 0 Å². The van der Waals surface area contributed by atoms with E-state index >= 15 is 0 Å². The van der Waals surface area contributed by atoms with Gasteiger partial charge < -0.3 is 33.8 Å². The Morgan fingerprint density at radius 2 is 0.547 bits per heavy atom. The molecule has 0 aliphatic rings. The van der Waals surface area contributed by atoms with Crippen molar-refractivity contribution in [3.05, 3.63) is 182 Å². The first-order chi connectivity index (χ1) is 51.7. The lowest BCUT2D eigenvalue weighted by Gasteiger charge is -2.21. The van der Waals surface area contributed by atoms with Gasteiger partial charge in [-0.15, -0.1) is 0 Å². The van der Waals surface area contributed by atoms with Crippen molar-refractivity contribution >= 4 is 39.5 Å². The van der Waals surface area contributed by atoms with Crippen molar-refractivity contribution in [2.75, 3.05) is 39.6 Å². The normalized spacial score (nSPS) is 14.8. The van der Waals surface area contributed by atoms with Gasteiger partial charge in [-0.05, 0) is 128 Å². The molecule has 0 rings (SSSR count). The van der Waals surface area contributed by atoms with Crippen LogP contribution in [0.2, 0.25) is 0 Å². The van der Waals surface area contributed by atoms with Gasteiger partial charge in [-0.2, -0.15) is 0 Å². The molecule has 0 bridgehead atoms. The second kappa shape index (κ2) is 77.3. The fourth-order valence-corrected chi connectivity index (χ4v) is 11.5. The molecular formula is C87H140O17P2. The van der Waals surface area contributed by atoms with E-state index in [1.165, 1.54) is 64.2 Å². The second-order valence-electron chi connectivity index (χ2n) is 25.9. The SMILES string of the molecule is CC/C=C\C/C=C\C/C=C\C/C=C\C/C=C\C/C=C\CCC(=O)OCC(COP(=O)(O)OCC(O)COP(=O)(O)OCC(COC(=O)C/C=C\C/C=C\C/C=C\C/C=C\C/C=C\CC)OC(=O)CCCCCCCCCCCCCCCCC)OC(=O)CCCCCC/C=C\C/C=C\C/C=C\C/C=C\CC. The predicted octanol–water partition coefficient (Wildman–Crippen LogP) is 23.6. The molecule has 0 amide bonds. The number of allylic oxidation sites excluding steroid dienone is 29. The largest absolute Gasteiger partial charge is 0.472 e.